The van der Waals surface area contributed by atoms with Crippen LogP contribution in [-0.4, -0.2) is 36.7 Å². The van der Waals surface area contributed by atoms with E-state index in [0.29, 0.717) is 16.9 Å². The van der Waals surface area contributed by atoms with Crippen LogP contribution in [0.2, 0.25) is 0 Å². The second-order valence-corrected chi connectivity index (χ2v) is 7.59. The van der Waals surface area contributed by atoms with E-state index >= 15 is 8.78 Å². The van der Waals surface area contributed by atoms with Crippen molar-refractivity contribution in [1.29, 1.82) is 5.41 Å². The average Bonchev–Trinajstić information content (AvgIpc) is 2.85. The van der Waals surface area contributed by atoms with Gasteiger partial charge in [0.05, 0.1) is 12.2 Å². The van der Waals surface area contributed by atoms with E-state index in [1.807, 2.05) is 0 Å². The molecular weight excluding hydrogens is 492 g/mol. The number of amidine groups is 1. The maximum absolute atomic E-state index is 15.2. The highest BCUT2D eigenvalue weighted by molar-refractivity contribution is 5.94. The fourth-order valence-corrected chi connectivity index (χ4v) is 3.52. The first-order chi connectivity index (χ1) is 16.8. The van der Waals surface area contributed by atoms with E-state index in [-0.39, 0.29) is 50.2 Å². The maximum atomic E-state index is 15.2. The van der Waals surface area contributed by atoms with Crippen molar-refractivity contribution in [3.8, 4) is 16.9 Å². The summed E-state index contributed by atoms with van der Waals surface area (Å²) in [5.41, 5.74) is 6.87. The summed E-state index contributed by atoms with van der Waals surface area (Å²) in [6.07, 6.45) is -1.49. The van der Waals surface area contributed by atoms with Gasteiger partial charge in [-0.3, -0.25) is 10.2 Å². The molecule has 0 aliphatic carbocycles. The van der Waals surface area contributed by atoms with Gasteiger partial charge in [0, 0.05) is 24.3 Å². The second-order valence-electron chi connectivity index (χ2n) is 7.59. The number of amides is 1. The van der Waals surface area contributed by atoms with Gasteiger partial charge >= 0.3 is 0 Å². The molecule has 10 heteroatoms. The summed E-state index contributed by atoms with van der Waals surface area (Å²) in [7, 11) is 0. The number of rotatable bonds is 11. The number of carbonyl (C=O) groups excluding carboxylic acids is 1. The first-order valence-electron chi connectivity index (χ1n) is 11.0. The quantitative estimate of drug-likeness (QED) is 0.225. The molecule has 1 atom stereocenters. The van der Waals surface area contributed by atoms with Crippen LogP contribution in [0.1, 0.15) is 29.7 Å². The molecule has 3 aromatic carbocycles. The average molecular weight is 520 g/mol. The third-order valence-corrected chi connectivity index (χ3v) is 5.19. The number of nitrogens with one attached hydrogen (secondary N) is 2. The Morgan fingerprint density at radius 3 is 2.33 bits per heavy atom. The molecule has 0 fully saturated rings. The number of benzene rings is 3. The van der Waals surface area contributed by atoms with E-state index in [9.17, 15) is 4.79 Å². The van der Waals surface area contributed by atoms with Gasteiger partial charge in [-0.15, -0.1) is 12.4 Å². The van der Waals surface area contributed by atoms with E-state index in [0.717, 1.165) is 17.7 Å². The minimum absolute atomic E-state index is 0. The molecule has 0 bridgehead atoms. The predicted octanol–water partition coefficient (Wildman–Crippen LogP) is 4.10. The third kappa shape index (κ3) is 7.00. The maximum Gasteiger partial charge on any atom is 0.254 e. The molecule has 0 radical (unpaired) electrons. The molecule has 36 heavy (non-hydrogen) atoms. The van der Waals surface area contributed by atoms with Crippen molar-refractivity contribution in [3.63, 3.8) is 0 Å². The lowest BCUT2D eigenvalue weighted by Gasteiger charge is -2.20. The molecule has 0 saturated heterocycles. The summed E-state index contributed by atoms with van der Waals surface area (Å²) in [5.74, 6) is -2.27. The summed E-state index contributed by atoms with van der Waals surface area (Å²) in [6, 6.07) is 15.6. The Balaban J connectivity index is 0.00000456. The minimum Gasteiger partial charge on any atom is -0.491 e. The van der Waals surface area contributed by atoms with Gasteiger partial charge in [0.25, 0.3) is 5.91 Å². The monoisotopic (exact) mass is 519 g/mol. The molecule has 0 saturated carbocycles. The number of hydrogen-bond donors (Lipinski definition) is 4. The van der Waals surface area contributed by atoms with Gasteiger partial charge in [-0.1, -0.05) is 42.5 Å². The molecule has 7 nitrogen and oxygen atoms in total. The van der Waals surface area contributed by atoms with Crippen molar-refractivity contribution < 1.29 is 28.2 Å². The number of para-hydroxylation sites is 1. The largest absolute Gasteiger partial charge is 0.491 e. The Morgan fingerprint density at radius 1 is 1.11 bits per heavy atom. The van der Waals surface area contributed by atoms with Crippen LogP contribution in [0, 0.1) is 17.0 Å². The number of nitrogen functional groups attached to an aromatic ring is 1. The second kappa shape index (κ2) is 13.5. The number of aliphatic hydroxyl groups is 1. The molecule has 3 rings (SSSR count). The Morgan fingerprint density at radius 2 is 1.75 bits per heavy atom. The zero-order valence-corrected chi connectivity index (χ0v) is 20.4. The van der Waals surface area contributed by atoms with Crippen molar-refractivity contribution in [2.75, 3.05) is 19.8 Å². The van der Waals surface area contributed by atoms with Crippen LogP contribution in [0.5, 0.6) is 5.75 Å². The molecule has 0 spiro atoms. The van der Waals surface area contributed by atoms with Crippen LogP contribution in [0.15, 0.2) is 60.7 Å². The van der Waals surface area contributed by atoms with Crippen LogP contribution in [-0.2, 0) is 16.1 Å². The van der Waals surface area contributed by atoms with E-state index < -0.39 is 29.2 Å². The molecule has 1 amide bonds. The molecule has 0 aliphatic heterocycles. The minimum atomic E-state index is -1.49. The zero-order valence-electron chi connectivity index (χ0n) is 19.6. The van der Waals surface area contributed by atoms with Crippen LogP contribution in [0.25, 0.3) is 11.1 Å². The van der Waals surface area contributed by atoms with Gasteiger partial charge in [-0.2, -0.15) is 0 Å². The molecular formula is C26H28ClF2N3O4. The number of ether oxygens (including phenoxy) is 2. The molecule has 192 valence electrons. The molecule has 5 N–H and O–H groups in total. The van der Waals surface area contributed by atoms with Gasteiger partial charge in [0.1, 0.15) is 29.8 Å². The number of aliphatic hydroxyl groups excluding tert-OH is 1. The lowest BCUT2D eigenvalue weighted by molar-refractivity contribution is -0.133. The SMILES string of the molecule is CCO[C@H](C(=O)NCc1ccc(C(=N)N)cc1)c1c(F)cc(-c2ccccc2OCCO)cc1F.Cl. The van der Waals surface area contributed by atoms with Crippen LogP contribution >= 0.6 is 12.4 Å². The Kier molecular flexibility index (Phi) is 10.8. The van der Waals surface area contributed by atoms with E-state index in [1.165, 1.54) is 0 Å². The zero-order chi connectivity index (χ0) is 25.4. The Hall–Kier alpha value is -3.53. The van der Waals surface area contributed by atoms with Crippen molar-refractivity contribution in [2.45, 2.75) is 19.6 Å². The standard InChI is InChI=1S/C26H27F2N3O4.ClH/c1-2-34-24(26(33)31-15-16-7-9-17(10-8-16)25(29)30)23-20(27)13-18(14-21(23)28)19-5-3-4-6-22(19)35-12-11-32;/h3-10,13-14,24,32H,2,11-12,15H2,1H3,(H3,29,30)(H,31,33);1H/t24-;/m0./s1. The van der Waals surface area contributed by atoms with Gasteiger partial charge < -0.3 is 25.6 Å². The Labute approximate surface area is 214 Å². The fraction of sp³-hybridized carbons (Fsp3) is 0.231. The Bertz CT molecular complexity index is 1170. The van der Waals surface area contributed by atoms with Crippen LogP contribution in [0.4, 0.5) is 8.78 Å². The van der Waals surface area contributed by atoms with Gasteiger partial charge in [0.2, 0.25) is 0 Å². The van der Waals surface area contributed by atoms with Crippen molar-refractivity contribution >= 4 is 24.1 Å². The number of hydrogen-bond acceptors (Lipinski definition) is 5. The molecule has 3 aromatic rings. The fourth-order valence-electron chi connectivity index (χ4n) is 3.52. The van der Waals surface area contributed by atoms with Crippen molar-refractivity contribution in [1.82, 2.24) is 5.32 Å². The number of carbonyl (C=O) groups is 1. The highest BCUT2D eigenvalue weighted by atomic mass is 35.5. The summed E-state index contributed by atoms with van der Waals surface area (Å²) in [4.78, 5) is 12.8. The molecule has 0 unspecified atom stereocenters. The lowest BCUT2D eigenvalue weighted by atomic mass is 9.99. The highest BCUT2D eigenvalue weighted by Crippen LogP contribution is 2.34. The molecule has 0 aromatic heterocycles. The smallest absolute Gasteiger partial charge is 0.254 e. The number of halogens is 3. The van der Waals surface area contributed by atoms with E-state index in [2.05, 4.69) is 5.32 Å². The first kappa shape index (κ1) is 28.7. The first-order valence-corrected chi connectivity index (χ1v) is 11.0. The predicted molar refractivity (Wildman–Crippen MR) is 135 cm³/mol. The van der Waals surface area contributed by atoms with E-state index in [1.54, 1.807) is 55.5 Å². The highest BCUT2D eigenvalue weighted by Gasteiger charge is 2.28. The summed E-state index contributed by atoms with van der Waals surface area (Å²) in [6.45, 7) is 1.60. The topological polar surface area (TPSA) is 118 Å². The summed E-state index contributed by atoms with van der Waals surface area (Å²) in [5, 5.41) is 19.1. The normalized spacial score (nSPS) is 11.3. The van der Waals surface area contributed by atoms with Gasteiger partial charge in [-0.05, 0) is 36.2 Å². The van der Waals surface area contributed by atoms with Crippen molar-refractivity contribution in [2.24, 2.45) is 5.73 Å². The van der Waals surface area contributed by atoms with Crippen LogP contribution in [0.3, 0.4) is 0 Å². The third-order valence-electron chi connectivity index (χ3n) is 5.19. The summed E-state index contributed by atoms with van der Waals surface area (Å²) < 4.78 is 41.3. The van der Waals surface area contributed by atoms with Gasteiger partial charge in [0.15, 0.2) is 6.10 Å². The number of nitrogens with two attached hydrogens (primary N) is 1. The van der Waals surface area contributed by atoms with Crippen molar-refractivity contribution in [3.05, 3.63) is 89.0 Å². The molecule has 0 heterocycles. The molecule has 0 aliphatic rings. The van der Waals surface area contributed by atoms with E-state index in [4.69, 9.17) is 25.7 Å². The lowest BCUT2D eigenvalue weighted by Crippen LogP contribution is -2.31. The van der Waals surface area contributed by atoms with Crippen LogP contribution < -0.4 is 15.8 Å². The van der Waals surface area contributed by atoms with Gasteiger partial charge in [-0.25, -0.2) is 8.78 Å². The summed E-state index contributed by atoms with van der Waals surface area (Å²) >= 11 is 0.